The molecule has 0 spiro atoms. The van der Waals surface area contributed by atoms with Crippen molar-refractivity contribution in [3.8, 4) is 6.07 Å². The molecule has 0 aliphatic carbocycles. The van der Waals surface area contributed by atoms with Crippen LogP contribution in [0.5, 0.6) is 0 Å². The van der Waals surface area contributed by atoms with Gasteiger partial charge in [-0.25, -0.2) is 0 Å². The Morgan fingerprint density at radius 1 is 1.38 bits per heavy atom. The van der Waals surface area contributed by atoms with Gasteiger partial charge in [0.05, 0.1) is 24.5 Å². The van der Waals surface area contributed by atoms with Crippen LogP contribution in [0.2, 0.25) is 0 Å². The smallest absolute Gasteiger partial charge is 0.306 e. The van der Waals surface area contributed by atoms with Gasteiger partial charge in [-0.3, -0.25) is 9.59 Å². The van der Waals surface area contributed by atoms with Crippen molar-refractivity contribution >= 4 is 11.9 Å². The standard InChI is InChI=1S/C11H18N2O3/c1-4-16-10(15)6-5-9(14)13-8-11(2,3)7-12/h4-6,8H2,1-3H3,(H,13,14). The van der Waals surface area contributed by atoms with Gasteiger partial charge >= 0.3 is 5.97 Å². The van der Waals surface area contributed by atoms with Crippen molar-refractivity contribution in [3.63, 3.8) is 0 Å². The van der Waals surface area contributed by atoms with E-state index >= 15 is 0 Å². The van der Waals surface area contributed by atoms with E-state index in [4.69, 9.17) is 5.26 Å². The fraction of sp³-hybridized carbons (Fsp3) is 0.727. The van der Waals surface area contributed by atoms with Crippen molar-refractivity contribution in [2.24, 2.45) is 5.41 Å². The molecule has 1 amide bonds. The highest BCUT2D eigenvalue weighted by Gasteiger charge is 2.17. The molecule has 0 aliphatic heterocycles. The number of hydrogen-bond acceptors (Lipinski definition) is 4. The molecule has 5 nitrogen and oxygen atoms in total. The maximum atomic E-state index is 11.3. The molecule has 0 atom stereocenters. The van der Waals surface area contributed by atoms with Crippen LogP contribution in [0.4, 0.5) is 0 Å². The summed E-state index contributed by atoms with van der Waals surface area (Å²) in [6.45, 7) is 5.79. The minimum absolute atomic E-state index is 0.0760. The summed E-state index contributed by atoms with van der Waals surface area (Å²) in [6, 6.07) is 2.08. The van der Waals surface area contributed by atoms with Gasteiger partial charge in [-0.05, 0) is 20.8 Å². The second-order valence-electron chi connectivity index (χ2n) is 4.08. The lowest BCUT2D eigenvalue weighted by Crippen LogP contribution is -2.33. The molecule has 1 N–H and O–H groups in total. The summed E-state index contributed by atoms with van der Waals surface area (Å²) in [5.74, 6) is -0.617. The molecule has 0 fully saturated rings. The summed E-state index contributed by atoms with van der Waals surface area (Å²) < 4.78 is 4.69. The number of ether oxygens (including phenoxy) is 1. The molecule has 0 rings (SSSR count). The van der Waals surface area contributed by atoms with Crippen LogP contribution in [-0.4, -0.2) is 25.0 Å². The zero-order valence-electron chi connectivity index (χ0n) is 10.0. The zero-order valence-corrected chi connectivity index (χ0v) is 10.0. The monoisotopic (exact) mass is 226 g/mol. The number of nitriles is 1. The van der Waals surface area contributed by atoms with Crippen molar-refractivity contribution in [1.29, 1.82) is 5.26 Å². The SMILES string of the molecule is CCOC(=O)CCC(=O)NCC(C)(C)C#N. The molecule has 90 valence electrons. The highest BCUT2D eigenvalue weighted by atomic mass is 16.5. The molecule has 0 aliphatic rings. The first-order chi connectivity index (χ1) is 7.41. The van der Waals surface area contributed by atoms with Crippen LogP contribution < -0.4 is 5.32 Å². The van der Waals surface area contributed by atoms with Crippen molar-refractivity contribution < 1.29 is 14.3 Å². The number of nitrogens with zero attached hydrogens (tertiary/aromatic N) is 1. The van der Waals surface area contributed by atoms with E-state index in [0.717, 1.165) is 0 Å². The van der Waals surface area contributed by atoms with Crippen molar-refractivity contribution in [2.45, 2.75) is 33.6 Å². The van der Waals surface area contributed by atoms with E-state index in [2.05, 4.69) is 16.1 Å². The summed E-state index contributed by atoms with van der Waals surface area (Å²) in [7, 11) is 0. The number of carbonyl (C=O) groups excluding carboxylic acids is 2. The zero-order chi connectivity index (χ0) is 12.6. The number of carbonyl (C=O) groups is 2. The molecule has 0 aromatic carbocycles. The number of hydrogen-bond donors (Lipinski definition) is 1. The van der Waals surface area contributed by atoms with Crippen LogP contribution in [0.3, 0.4) is 0 Å². The van der Waals surface area contributed by atoms with Gasteiger partial charge in [-0.1, -0.05) is 0 Å². The van der Waals surface area contributed by atoms with E-state index in [9.17, 15) is 9.59 Å². The van der Waals surface area contributed by atoms with Crippen LogP contribution in [-0.2, 0) is 14.3 Å². The molecule has 0 saturated heterocycles. The van der Waals surface area contributed by atoms with Crippen LogP contribution in [0, 0.1) is 16.7 Å². The fourth-order valence-electron chi connectivity index (χ4n) is 0.896. The predicted molar refractivity (Wildman–Crippen MR) is 58.3 cm³/mol. The normalized spacial score (nSPS) is 10.4. The van der Waals surface area contributed by atoms with Gasteiger partial charge in [0.2, 0.25) is 5.91 Å². The Hall–Kier alpha value is -1.57. The third-order valence-electron chi connectivity index (χ3n) is 1.89. The molecule has 5 heteroatoms. The van der Waals surface area contributed by atoms with Gasteiger partial charge in [0.15, 0.2) is 0 Å². The fourth-order valence-corrected chi connectivity index (χ4v) is 0.896. The van der Waals surface area contributed by atoms with E-state index in [1.165, 1.54) is 0 Å². The van der Waals surface area contributed by atoms with Gasteiger partial charge in [0.25, 0.3) is 0 Å². The predicted octanol–water partition coefficient (Wildman–Crippen LogP) is 0.996. The first-order valence-electron chi connectivity index (χ1n) is 5.25. The molecular formula is C11H18N2O3. The van der Waals surface area contributed by atoms with Crippen molar-refractivity contribution in [1.82, 2.24) is 5.32 Å². The second kappa shape index (κ2) is 6.83. The van der Waals surface area contributed by atoms with Crippen LogP contribution in [0.25, 0.3) is 0 Å². The molecule has 0 aromatic heterocycles. The Bertz CT molecular complexity index is 292. The highest BCUT2D eigenvalue weighted by Crippen LogP contribution is 2.10. The lowest BCUT2D eigenvalue weighted by Gasteiger charge is -2.15. The molecule has 16 heavy (non-hydrogen) atoms. The van der Waals surface area contributed by atoms with E-state index in [0.29, 0.717) is 6.61 Å². The lowest BCUT2D eigenvalue weighted by atomic mass is 9.96. The lowest BCUT2D eigenvalue weighted by molar-refractivity contribution is -0.144. The van der Waals surface area contributed by atoms with Gasteiger partial charge in [-0.2, -0.15) is 5.26 Å². The summed E-state index contributed by atoms with van der Waals surface area (Å²) in [5.41, 5.74) is -0.584. The van der Waals surface area contributed by atoms with Gasteiger partial charge in [-0.15, -0.1) is 0 Å². The highest BCUT2D eigenvalue weighted by molar-refractivity contribution is 5.81. The third kappa shape index (κ3) is 6.82. The minimum atomic E-state index is -0.584. The first kappa shape index (κ1) is 14.4. The van der Waals surface area contributed by atoms with E-state index in [-0.39, 0.29) is 31.3 Å². The Morgan fingerprint density at radius 3 is 2.50 bits per heavy atom. The Kier molecular flexibility index (Phi) is 6.16. The molecule has 0 aromatic rings. The molecule has 0 saturated carbocycles. The first-order valence-corrected chi connectivity index (χ1v) is 5.25. The van der Waals surface area contributed by atoms with E-state index in [1.807, 2.05) is 0 Å². The largest absolute Gasteiger partial charge is 0.466 e. The van der Waals surface area contributed by atoms with Gasteiger partial charge in [0.1, 0.15) is 0 Å². The van der Waals surface area contributed by atoms with Crippen LogP contribution in [0.15, 0.2) is 0 Å². The molecule has 0 radical (unpaired) electrons. The van der Waals surface area contributed by atoms with Crippen molar-refractivity contribution in [3.05, 3.63) is 0 Å². The maximum absolute atomic E-state index is 11.3. The minimum Gasteiger partial charge on any atom is -0.466 e. The Morgan fingerprint density at radius 2 is 2.00 bits per heavy atom. The summed E-state index contributed by atoms with van der Waals surface area (Å²) >= 11 is 0. The average Bonchev–Trinajstić information content (AvgIpc) is 2.24. The number of nitrogens with one attached hydrogen (secondary N) is 1. The third-order valence-corrected chi connectivity index (χ3v) is 1.89. The average molecular weight is 226 g/mol. The van der Waals surface area contributed by atoms with Gasteiger partial charge in [0, 0.05) is 13.0 Å². The molecule has 0 unspecified atom stereocenters. The second-order valence-corrected chi connectivity index (χ2v) is 4.08. The van der Waals surface area contributed by atoms with Crippen LogP contribution >= 0.6 is 0 Å². The van der Waals surface area contributed by atoms with Crippen molar-refractivity contribution in [2.75, 3.05) is 13.2 Å². The Balaban J connectivity index is 3.77. The molecule has 0 bridgehead atoms. The number of esters is 1. The molecule has 0 heterocycles. The van der Waals surface area contributed by atoms with E-state index in [1.54, 1.807) is 20.8 Å². The Labute approximate surface area is 95.8 Å². The molecular weight excluding hydrogens is 208 g/mol. The quantitative estimate of drug-likeness (QED) is 0.685. The summed E-state index contributed by atoms with van der Waals surface area (Å²) in [4.78, 5) is 22.2. The van der Waals surface area contributed by atoms with Crippen LogP contribution in [0.1, 0.15) is 33.6 Å². The number of amides is 1. The topological polar surface area (TPSA) is 79.2 Å². The van der Waals surface area contributed by atoms with Gasteiger partial charge < -0.3 is 10.1 Å². The van der Waals surface area contributed by atoms with E-state index < -0.39 is 5.41 Å². The summed E-state index contributed by atoms with van der Waals surface area (Å²) in [6.07, 6.45) is 0.174. The summed E-state index contributed by atoms with van der Waals surface area (Å²) in [5, 5.41) is 11.3. The maximum Gasteiger partial charge on any atom is 0.306 e. The number of rotatable bonds is 6.